The Morgan fingerprint density at radius 1 is 0.580 bits per heavy atom. The third-order valence-electron chi connectivity index (χ3n) is 9.35. The number of nitrogens with zero attached hydrogens (tertiary/aromatic N) is 3. The van der Waals surface area contributed by atoms with E-state index in [1.807, 2.05) is 48.5 Å². The van der Waals surface area contributed by atoms with E-state index in [2.05, 4.69) is 115 Å². The smallest absolute Gasteiger partial charge is 0.161 e. The van der Waals surface area contributed by atoms with E-state index >= 15 is 0 Å². The molecule has 50 heavy (non-hydrogen) atoms. The van der Waals surface area contributed by atoms with E-state index in [1.54, 1.807) is 11.3 Å². The number of fused-ring (bicyclic) bond motifs is 6. The lowest BCUT2D eigenvalue weighted by atomic mass is 9.99. The highest BCUT2D eigenvalue weighted by Gasteiger charge is 2.26. The molecule has 1 aliphatic heterocycles. The van der Waals surface area contributed by atoms with Crippen molar-refractivity contribution in [3.05, 3.63) is 174 Å². The molecule has 3 heterocycles. The normalized spacial score (nSPS) is 14.6. The van der Waals surface area contributed by atoms with Gasteiger partial charge in [0.15, 0.2) is 5.84 Å². The van der Waals surface area contributed by atoms with E-state index in [0.29, 0.717) is 5.84 Å². The number of aromatic nitrogens is 1. The van der Waals surface area contributed by atoms with Crippen LogP contribution in [0.4, 0.5) is 0 Å². The number of thiazole rings is 1. The van der Waals surface area contributed by atoms with Crippen LogP contribution in [0, 0.1) is 0 Å². The Balaban J connectivity index is 1.16. The first-order chi connectivity index (χ1) is 24.7. The van der Waals surface area contributed by atoms with Crippen molar-refractivity contribution < 1.29 is 4.42 Å². The maximum atomic E-state index is 6.47. The Morgan fingerprint density at radius 3 is 2.02 bits per heavy atom. The minimum absolute atomic E-state index is 0.335. The van der Waals surface area contributed by atoms with Gasteiger partial charge in [-0.2, -0.15) is 0 Å². The van der Waals surface area contributed by atoms with Crippen molar-refractivity contribution in [2.75, 3.05) is 0 Å². The highest BCUT2D eigenvalue weighted by Crippen LogP contribution is 2.42. The van der Waals surface area contributed by atoms with Crippen LogP contribution >= 0.6 is 11.3 Å². The molecule has 0 saturated heterocycles. The van der Waals surface area contributed by atoms with Gasteiger partial charge in [-0.25, -0.2) is 15.0 Å². The summed E-state index contributed by atoms with van der Waals surface area (Å²) in [6.45, 7) is 0. The summed E-state index contributed by atoms with van der Waals surface area (Å²) in [7, 11) is 0. The van der Waals surface area contributed by atoms with Crippen LogP contribution in [-0.2, 0) is 0 Å². The molecule has 0 amide bonds. The minimum Gasteiger partial charge on any atom is -0.456 e. The van der Waals surface area contributed by atoms with Crippen LogP contribution in [-0.4, -0.2) is 16.7 Å². The summed E-state index contributed by atoms with van der Waals surface area (Å²) in [4.78, 5) is 15.8. The quantitative estimate of drug-likeness (QED) is 0.200. The first-order valence-electron chi connectivity index (χ1n) is 16.6. The van der Waals surface area contributed by atoms with Crippen molar-refractivity contribution in [2.24, 2.45) is 9.98 Å². The Kier molecular flexibility index (Phi) is 6.67. The van der Waals surface area contributed by atoms with E-state index in [0.717, 1.165) is 70.6 Å². The van der Waals surface area contributed by atoms with Gasteiger partial charge in [0, 0.05) is 22.1 Å². The number of hydrogen-bond donors (Lipinski definition) is 1. The fourth-order valence-corrected chi connectivity index (χ4v) is 7.96. The predicted molar refractivity (Wildman–Crippen MR) is 207 cm³/mol. The fourth-order valence-electron chi connectivity index (χ4n) is 6.87. The molecule has 7 aromatic carbocycles. The van der Waals surface area contributed by atoms with E-state index in [-0.39, 0.29) is 6.17 Å². The average Bonchev–Trinajstić information content (AvgIpc) is 3.80. The summed E-state index contributed by atoms with van der Waals surface area (Å²) >= 11 is 1.67. The molecule has 0 saturated carbocycles. The third kappa shape index (κ3) is 4.88. The Bertz CT molecular complexity index is 2780. The molecule has 1 atom stereocenters. The van der Waals surface area contributed by atoms with Crippen LogP contribution in [0.25, 0.3) is 64.6 Å². The summed E-state index contributed by atoms with van der Waals surface area (Å²) in [6, 6.07) is 54.6. The zero-order chi connectivity index (χ0) is 33.0. The SMILES string of the molecule is c1ccc(-c2ccc3cc(C4=NC(c5cc6oc7ccccc7c6c6nc(-c7ccccc7)sc56)=NC(c5ccccc5)N4)ccc3c2)cc1. The predicted octanol–water partition coefficient (Wildman–Crippen LogP) is 11.2. The largest absolute Gasteiger partial charge is 0.456 e. The molecule has 2 aromatic heterocycles. The molecule has 0 bridgehead atoms. The number of rotatable bonds is 5. The first kappa shape index (κ1) is 28.6. The summed E-state index contributed by atoms with van der Waals surface area (Å²) in [6.07, 6.45) is -0.335. The zero-order valence-electron chi connectivity index (χ0n) is 26.7. The van der Waals surface area contributed by atoms with Crippen LogP contribution in [0.5, 0.6) is 0 Å². The van der Waals surface area contributed by atoms with E-state index in [9.17, 15) is 0 Å². The van der Waals surface area contributed by atoms with E-state index < -0.39 is 0 Å². The topological polar surface area (TPSA) is 62.8 Å². The summed E-state index contributed by atoms with van der Waals surface area (Å²) < 4.78 is 7.50. The van der Waals surface area contributed by atoms with Gasteiger partial charge in [-0.1, -0.05) is 133 Å². The number of furan rings is 1. The van der Waals surface area contributed by atoms with Gasteiger partial charge in [-0.15, -0.1) is 11.3 Å². The lowest BCUT2D eigenvalue weighted by molar-refractivity contribution is 0.668. The number of benzene rings is 7. The second kappa shape index (κ2) is 11.7. The van der Waals surface area contributed by atoms with Crippen molar-refractivity contribution in [1.82, 2.24) is 10.3 Å². The van der Waals surface area contributed by atoms with Gasteiger partial charge in [0.2, 0.25) is 0 Å². The molecule has 0 spiro atoms. The summed E-state index contributed by atoms with van der Waals surface area (Å²) in [5.41, 5.74) is 8.94. The van der Waals surface area contributed by atoms with Crippen molar-refractivity contribution in [2.45, 2.75) is 6.17 Å². The Hall–Kier alpha value is -6.37. The average molecular weight is 661 g/mol. The van der Waals surface area contributed by atoms with Gasteiger partial charge >= 0.3 is 0 Å². The highest BCUT2D eigenvalue weighted by molar-refractivity contribution is 7.22. The molecule has 1 N–H and O–H groups in total. The Labute approximate surface area is 291 Å². The van der Waals surface area contributed by atoms with Crippen LogP contribution in [0.3, 0.4) is 0 Å². The molecule has 1 unspecified atom stereocenters. The van der Waals surface area contributed by atoms with E-state index in [4.69, 9.17) is 19.4 Å². The summed E-state index contributed by atoms with van der Waals surface area (Å²) in [5, 5.41) is 8.99. The molecule has 236 valence electrons. The number of amidine groups is 2. The molecule has 1 aliphatic rings. The highest BCUT2D eigenvalue weighted by atomic mass is 32.1. The summed E-state index contributed by atoms with van der Waals surface area (Å²) in [5.74, 6) is 1.41. The van der Waals surface area contributed by atoms with Gasteiger partial charge in [0.05, 0.1) is 15.6 Å². The van der Waals surface area contributed by atoms with Gasteiger partial charge in [-0.3, -0.25) is 0 Å². The van der Waals surface area contributed by atoms with Crippen molar-refractivity contribution in [3.8, 4) is 21.7 Å². The second-order valence-electron chi connectivity index (χ2n) is 12.5. The number of para-hydroxylation sites is 1. The Morgan fingerprint density at radius 2 is 1.24 bits per heavy atom. The number of hydrogen-bond acceptors (Lipinski definition) is 6. The molecule has 5 nitrogen and oxygen atoms in total. The molecule has 0 radical (unpaired) electrons. The standard InChI is InChI=1S/C44H28N4OS/c1-4-12-27(13-5-1)30-20-21-32-25-33(23-22-31(32)24-30)42-46-41(28-14-6-2-7-15-28)47-43(48-42)35-26-37-38(34-18-10-11-19-36(34)49-37)39-40(35)50-44(45-39)29-16-8-3-9-17-29/h1-26,41H,(H,46,47,48). The monoisotopic (exact) mass is 660 g/mol. The lowest BCUT2D eigenvalue weighted by Crippen LogP contribution is -2.33. The molecule has 6 heteroatoms. The van der Waals surface area contributed by atoms with Gasteiger partial charge in [0.25, 0.3) is 0 Å². The molecule has 10 rings (SSSR count). The van der Waals surface area contributed by atoms with Crippen LogP contribution in [0.1, 0.15) is 22.9 Å². The van der Waals surface area contributed by atoms with Crippen molar-refractivity contribution in [1.29, 1.82) is 0 Å². The van der Waals surface area contributed by atoms with Crippen LogP contribution in [0.15, 0.2) is 172 Å². The second-order valence-corrected chi connectivity index (χ2v) is 13.5. The van der Waals surface area contributed by atoms with Crippen molar-refractivity contribution in [3.63, 3.8) is 0 Å². The number of aliphatic imine (C=N–C) groups is 2. The maximum Gasteiger partial charge on any atom is 0.161 e. The molecule has 0 fully saturated rings. The fraction of sp³-hybridized carbons (Fsp3) is 0.0227. The van der Waals surface area contributed by atoms with E-state index in [1.165, 1.54) is 16.5 Å². The minimum atomic E-state index is -0.335. The first-order valence-corrected chi connectivity index (χ1v) is 17.4. The third-order valence-corrected chi connectivity index (χ3v) is 10.5. The van der Waals surface area contributed by atoms with Gasteiger partial charge in [0.1, 0.15) is 28.2 Å². The maximum absolute atomic E-state index is 6.47. The zero-order valence-corrected chi connectivity index (χ0v) is 27.6. The number of nitrogens with one attached hydrogen (secondary N) is 1. The lowest BCUT2D eigenvalue weighted by Gasteiger charge is -2.24. The molecular formula is C44H28N4OS. The van der Waals surface area contributed by atoms with Gasteiger partial charge in [-0.05, 0) is 51.7 Å². The van der Waals surface area contributed by atoms with Crippen LogP contribution < -0.4 is 5.32 Å². The van der Waals surface area contributed by atoms with Crippen molar-refractivity contribution >= 4 is 65.9 Å². The van der Waals surface area contributed by atoms with Gasteiger partial charge < -0.3 is 9.73 Å². The molecular weight excluding hydrogens is 633 g/mol. The molecule has 9 aromatic rings. The van der Waals surface area contributed by atoms with Crippen LogP contribution in [0.2, 0.25) is 0 Å². The molecule has 0 aliphatic carbocycles.